The normalized spacial score (nSPS) is 14.9. The Balaban J connectivity index is 1.29. The Morgan fingerprint density at radius 2 is 2.00 bits per heavy atom. The lowest BCUT2D eigenvalue weighted by molar-refractivity contribution is 0.291. The van der Waals surface area contributed by atoms with Gasteiger partial charge in [0.2, 0.25) is 0 Å². The van der Waals surface area contributed by atoms with Crippen molar-refractivity contribution in [2.24, 2.45) is 12.0 Å². The van der Waals surface area contributed by atoms with Gasteiger partial charge in [0.05, 0.1) is 11.7 Å². The molecule has 0 saturated heterocycles. The summed E-state index contributed by atoms with van der Waals surface area (Å²) < 4.78 is 7.95. The number of rotatable bonds is 5. The molecule has 0 spiro atoms. The van der Waals surface area contributed by atoms with Gasteiger partial charge in [0.1, 0.15) is 30.2 Å². The number of aromatic nitrogens is 4. The van der Waals surface area contributed by atoms with E-state index in [1.54, 1.807) is 6.20 Å². The van der Waals surface area contributed by atoms with Crippen LogP contribution in [0.1, 0.15) is 23.1 Å². The van der Waals surface area contributed by atoms with Crippen LogP contribution < -0.4 is 15.4 Å². The van der Waals surface area contributed by atoms with Crippen LogP contribution >= 0.6 is 0 Å². The zero-order valence-electron chi connectivity index (χ0n) is 18.6. The first-order valence-electron chi connectivity index (χ1n) is 11.1. The summed E-state index contributed by atoms with van der Waals surface area (Å²) in [6, 6.07) is 22.3. The molecule has 1 atom stereocenters. The second-order valence-corrected chi connectivity index (χ2v) is 8.18. The summed E-state index contributed by atoms with van der Waals surface area (Å²) in [6.45, 7) is 0.403. The van der Waals surface area contributed by atoms with Gasteiger partial charge < -0.3 is 19.9 Å². The zero-order chi connectivity index (χ0) is 22.9. The average molecular weight is 450 g/mol. The number of imidazole rings is 1. The highest BCUT2D eigenvalue weighted by Crippen LogP contribution is 2.32. The molecule has 6 rings (SSSR count). The number of aryl methyl sites for hydroxylation is 1. The van der Waals surface area contributed by atoms with E-state index in [0.717, 1.165) is 50.8 Å². The lowest BCUT2D eigenvalue weighted by Crippen LogP contribution is -2.24. The van der Waals surface area contributed by atoms with Gasteiger partial charge in [-0.1, -0.05) is 24.3 Å². The van der Waals surface area contributed by atoms with Crippen molar-refractivity contribution in [3.05, 3.63) is 102 Å². The predicted molar refractivity (Wildman–Crippen MR) is 133 cm³/mol. The number of fused-ring (bicyclic) bond motifs is 2. The quantitative estimate of drug-likeness (QED) is 0.356. The van der Waals surface area contributed by atoms with Crippen molar-refractivity contribution in [3.63, 3.8) is 0 Å². The molecule has 0 amide bonds. The Hall–Kier alpha value is -4.59. The van der Waals surface area contributed by atoms with E-state index in [-0.39, 0.29) is 6.17 Å². The van der Waals surface area contributed by atoms with Crippen molar-refractivity contribution in [2.75, 3.05) is 10.6 Å². The summed E-state index contributed by atoms with van der Waals surface area (Å²) in [4.78, 5) is 9.34. The molecule has 1 aliphatic heterocycles. The molecule has 1 unspecified atom stereocenters. The van der Waals surface area contributed by atoms with E-state index in [4.69, 9.17) is 9.73 Å². The minimum Gasteiger partial charge on any atom is -0.486 e. The number of nitrogens with one attached hydrogen (secondary N) is 3. The van der Waals surface area contributed by atoms with E-state index in [0.29, 0.717) is 6.61 Å². The van der Waals surface area contributed by atoms with Crippen molar-refractivity contribution in [2.45, 2.75) is 12.8 Å². The van der Waals surface area contributed by atoms with E-state index >= 15 is 0 Å². The van der Waals surface area contributed by atoms with Crippen LogP contribution in [-0.2, 0) is 13.7 Å². The van der Waals surface area contributed by atoms with E-state index in [2.05, 4.69) is 50.1 Å². The molecule has 0 saturated carbocycles. The van der Waals surface area contributed by atoms with Gasteiger partial charge in [-0.25, -0.2) is 9.98 Å². The van der Waals surface area contributed by atoms with Crippen LogP contribution in [0.2, 0.25) is 0 Å². The highest BCUT2D eigenvalue weighted by Gasteiger charge is 2.22. The Kier molecular flexibility index (Phi) is 4.95. The molecule has 0 fully saturated rings. The van der Waals surface area contributed by atoms with Crippen LogP contribution in [0.15, 0.2) is 90.3 Å². The van der Waals surface area contributed by atoms with Gasteiger partial charge in [0.15, 0.2) is 0 Å². The fourth-order valence-electron chi connectivity index (χ4n) is 4.07. The molecule has 5 aromatic rings. The molecule has 168 valence electrons. The highest BCUT2D eigenvalue weighted by atomic mass is 16.5. The maximum atomic E-state index is 6.00. The largest absolute Gasteiger partial charge is 0.486 e. The Morgan fingerprint density at radius 1 is 1.06 bits per heavy atom. The first-order chi connectivity index (χ1) is 16.7. The fraction of sp³-hybridized carbons (Fsp3) is 0.115. The molecule has 8 heteroatoms. The van der Waals surface area contributed by atoms with Crippen LogP contribution in [0, 0.1) is 0 Å². The molecule has 0 radical (unpaired) electrons. The minimum absolute atomic E-state index is 0.258. The summed E-state index contributed by atoms with van der Waals surface area (Å²) in [7, 11) is 1.96. The fourth-order valence-corrected chi connectivity index (χ4v) is 4.07. The lowest BCUT2D eigenvalue weighted by Gasteiger charge is -2.26. The monoisotopic (exact) mass is 449 g/mol. The lowest BCUT2D eigenvalue weighted by atomic mass is 10.1. The third kappa shape index (κ3) is 3.86. The summed E-state index contributed by atoms with van der Waals surface area (Å²) in [5.74, 6) is 2.45. The Labute approximate surface area is 196 Å². The molecule has 0 aliphatic carbocycles. The van der Waals surface area contributed by atoms with Crippen molar-refractivity contribution in [1.29, 1.82) is 0 Å². The van der Waals surface area contributed by atoms with Gasteiger partial charge in [0.25, 0.3) is 0 Å². The van der Waals surface area contributed by atoms with Crippen molar-refractivity contribution in [3.8, 4) is 5.75 Å². The molecule has 3 aromatic carbocycles. The molecule has 0 bridgehead atoms. The van der Waals surface area contributed by atoms with Crippen LogP contribution in [-0.4, -0.2) is 25.6 Å². The van der Waals surface area contributed by atoms with Gasteiger partial charge in [-0.15, -0.1) is 0 Å². The number of anilines is 2. The number of amidine groups is 1. The minimum atomic E-state index is -0.258. The number of para-hydroxylation sites is 1. The van der Waals surface area contributed by atoms with Gasteiger partial charge in [-0.05, 0) is 42.5 Å². The van der Waals surface area contributed by atoms with E-state index in [1.165, 1.54) is 0 Å². The number of aromatic amines is 1. The maximum Gasteiger partial charge on any atom is 0.147 e. The van der Waals surface area contributed by atoms with Crippen molar-refractivity contribution in [1.82, 2.24) is 19.7 Å². The second kappa shape index (κ2) is 8.40. The van der Waals surface area contributed by atoms with Crippen LogP contribution in [0.4, 0.5) is 11.4 Å². The molecule has 34 heavy (non-hydrogen) atoms. The Bertz CT molecular complexity index is 1500. The number of aliphatic imine (C=N–C) groups is 1. The number of nitrogens with zero attached hydrogens (tertiary/aromatic N) is 4. The van der Waals surface area contributed by atoms with Crippen molar-refractivity contribution < 1.29 is 4.74 Å². The smallest absolute Gasteiger partial charge is 0.147 e. The van der Waals surface area contributed by atoms with E-state index in [1.807, 2.05) is 66.5 Å². The first-order valence-corrected chi connectivity index (χ1v) is 11.1. The second-order valence-electron chi connectivity index (χ2n) is 8.18. The van der Waals surface area contributed by atoms with Crippen LogP contribution in [0.5, 0.6) is 5.75 Å². The average Bonchev–Trinajstić information content (AvgIpc) is 3.51. The molecule has 8 nitrogen and oxygen atoms in total. The number of hydrogen-bond donors (Lipinski definition) is 3. The number of benzene rings is 3. The first kappa shape index (κ1) is 20.0. The summed E-state index contributed by atoms with van der Waals surface area (Å²) in [5.41, 5.74) is 5.01. The number of ether oxygens (including phenoxy) is 1. The van der Waals surface area contributed by atoms with Crippen molar-refractivity contribution >= 4 is 28.1 Å². The zero-order valence-corrected chi connectivity index (χ0v) is 18.6. The standard InChI is InChI=1S/C26H23N7O/c1-33-12-11-27-24(33)16-34-20-6-4-5-17(14-20)25-30-23-8-3-2-7-21(23)26(31-25)29-19-9-10-22-18(13-19)15-28-32-22/h2-15,25,30H,16H2,1H3,(H,28,32)(H,29,31). The summed E-state index contributed by atoms with van der Waals surface area (Å²) in [5, 5.41) is 15.2. The molecule has 3 heterocycles. The topological polar surface area (TPSA) is 92.1 Å². The van der Waals surface area contributed by atoms with Crippen LogP contribution in [0.25, 0.3) is 10.9 Å². The van der Waals surface area contributed by atoms with Gasteiger partial charge in [-0.3, -0.25) is 5.10 Å². The SMILES string of the molecule is Cn1ccnc1COc1cccc(C2N=C(Nc3ccc4[nH]ncc4c3)c3ccccc3N2)c1. The molecule has 1 aliphatic rings. The number of H-pyrrole nitrogens is 1. The van der Waals surface area contributed by atoms with Gasteiger partial charge >= 0.3 is 0 Å². The molecule has 2 aromatic heterocycles. The highest BCUT2D eigenvalue weighted by molar-refractivity contribution is 6.13. The number of hydrogen-bond acceptors (Lipinski definition) is 6. The summed E-state index contributed by atoms with van der Waals surface area (Å²) >= 11 is 0. The maximum absolute atomic E-state index is 6.00. The third-order valence-corrected chi connectivity index (χ3v) is 5.90. The summed E-state index contributed by atoms with van der Waals surface area (Å²) in [6.07, 6.45) is 5.24. The molecular weight excluding hydrogens is 426 g/mol. The van der Waals surface area contributed by atoms with E-state index in [9.17, 15) is 0 Å². The van der Waals surface area contributed by atoms with Gasteiger partial charge in [0, 0.05) is 47.3 Å². The predicted octanol–water partition coefficient (Wildman–Crippen LogP) is 4.86. The molecular formula is C26H23N7O. The van der Waals surface area contributed by atoms with Crippen LogP contribution in [0.3, 0.4) is 0 Å². The van der Waals surface area contributed by atoms with Gasteiger partial charge in [-0.2, -0.15) is 5.10 Å². The Morgan fingerprint density at radius 3 is 2.91 bits per heavy atom. The third-order valence-electron chi connectivity index (χ3n) is 5.90. The molecule has 3 N–H and O–H groups in total. The van der Waals surface area contributed by atoms with E-state index < -0.39 is 0 Å².